The Balaban J connectivity index is 2.05. The molecule has 7 nitrogen and oxygen atoms in total. The maximum Gasteiger partial charge on any atom is 0.331 e. The number of ketones is 1. The first-order valence-electron chi connectivity index (χ1n) is 8.38. The lowest BCUT2D eigenvalue weighted by molar-refractivity contribution is -0.136. The summed E-state index contributed by atoms with van der Waals surface area (Å²) < 4.78 is 4.99. The number of esters is 1. The van der Waals surface area contributed by atoms with Crippen molar-refractivity contribution >= 4 is 52.4 Å². The average Bonchev–Trinajstić information content (AvgIpc) is 3.02. The van der Waals surface area contributed by atoms with Crippen molar-refractivity contribution in [3.05, 3.63) is 51.7 Å². The van der Waals surface area contributed by atoms with Crippen LogP contribution in [0.15, 0.2) is 36.4 Å². The molecular formula is C20H20N2O5S. The van der Waals surface area contributed by atoms with Crippen LogP contribution in [0.4, 0.5) is 11.4 Å². The van der Waals surface area contributed by atoms with Gasteiger partial charge in [0.2, 0.25) is 17.6 Å². The summed E-state index contributed by atoms with van der Waals surface area (Å²) in [6, 6.07) is 8.27. The summed E-state index contributed by atoms with van der Waals surface area (Å²) in [7, 11) is 0. The van der Waals surface area contributed by atoms with E-state index in [0.29, 0.717) is 5.69 Å². The minimum Gasteiger partial charge on any atom is -0.454 e. The van der Waals surface area contributed by atoms with E-state index in [1.807, 2.05) is 19.1 Å². The van der Waals surface area contributed by atoms with Crippen LogP contribution in [0.1, 0.15) is 34.0 Å². The van der Waals surface area contributed by atoms with E-state index in [1.165, 1.54) is 49.5 Å². The molecule has 0 bridgehead atoms. The second-order valence-corrected chi connectivity index (χ2v) is 7.25. The molecule has 1 aromatic heterocycles. The molecular weight excluding hydrogens is 380 g/mol. The molecule has 2 aromatic rings. The molecule has 8 heteroatoms. The molecule has 2 amide bonds. The van der Waals surface area contributed by atoms with Gasteiger partial charge in [0.25, 0.3) is 0 Å². The molecule has 28 heavy (non-hydrogen) atoms. The molecule has 0 aliphatic rings. The van der Waals surface area contributed by atoms with Gasteiger partial charge in [-0.05, 0) is 43.3 Å². The van der Waals surface area contributed by atoms with Crippen molar-refractivity contribution in [1.82, 2.24) is 0 Å². The number of hydrogen-bond donors (Lipinski definition) is 2. The van der Waals surface area contributed by atoms with Gasteiger partial charge in [-0.2, -0.15) is 0 Å². The number of rotatable bonds is 7. The SMILES string of the molecule is CC(=O)Nc1ccc(C(=O)COC(=O)/C=C/c2ccc(C)s2)c(NC(C)=O)c1. The van der Waals surface area contributed by atoms with Crippen LogP contribution in [-0.2, 0) is 19.1 Å². The zero-order valence-electron chi connectivity index (χ0n) is 15.7. The normalized spacial score (nSPS) is 10.5. The fourth-order valence-corrected chi connectivity index (χ4v) is 3.10. The lowest BCUT2D eigenvalue weighted by Gasteiger charge is -2.12. The standard InChI is InChI=1S/C20H20N2O5S/c1-12-4-6-16(28-12)7-9-20(26)27-11-19(25)17-8-5-15(21-13(2)23)10-18(17)22-14(3)24/h4-10H,11H2,1-3H3,(H,21,23)(H,22,24)/b9-7+. The molecule has 0 saturated heterocycles. The quantitative estimate of drug-likeness (QED) is 0.421. The van der Waals surface area contributed by atoms with Gasteiger partial charge in [0.15, 0.2) is 6.61 Å². The summed E-state index contributed by atoms with van der Waals surface area (Å²) in [4.78, 5) is 48.9. The van der Waals surface area contributed by atoms with Crippen molar-refractivity contribution in [2.75, 3.05) is 17.2 Å². The summed E-state index contributed by atoms with van der Waals surface area (Å²) in [5.41, 5.74) is 0.832. The number of nitrogens with one attached hydrogen (secondary N) is 2. The van der Waals surface area contributed by atoms with Crippen LogP contribution in [0, 0.1) is 6.92 Å². The Hall–Kier alpha value is -3.26. The Bertz CT molecular complexity index is 946. The fourth-order valence-electron chi connectivity index (χ4n) is 2.32. The smallest absolute Gasteiger partial charge is 0.331 e. The lowest BCUT2D eigenvalue weighted by Crippen LogP contribution is -2.17. The maximum absolute atomic E-state index is 12.4. The van der Waals surface area contributed by atoms with Crippen molar-refractivity contribution < 1.29 is 23.9 Å². The minimum absolute atomic E-state index is 0.176. The van der Waals surface area contributed by atoms with Gasteiger partial charge >= 0.3 is 5.97 Å². The molecule has 0 aliphatic heterocycles. The first-order chi connectivity index (χ1) is 13.2. The minimum atomic E-state index is -0.643. The number of thiophene rings is 1. The van der Waals surface area contributed by atoms with Crippen LogP contribution in [0.3, 0.4) is 0 Å². The fraction of sp³-hybridized carbons (Fsp3) is 0.200. The zero-order valence-corrected chi connectivity index (χ0v) is 16.5. The molecule has 0 saturated carbocycles. The van der Waals surface area contributed by atoms with E-state index >= 15 is 0 Å². The molecule has 0 atom stereocenters. The van der Waals surface area contributed by atoms with E-state index < -0.39 is 18.4 Å². The third kappa shape index (κ3) is 6.48. The van der Waals surface area contributed by atoms with Crippen molar-refractivity contribution in [3.63, 3.8) is 0 Å². The second kappa shape index (κ2) is 9.61. The molecule has 2 rings (SSSR count). The van der Waals surface area contributed by atoms with Gasteiger partial charge in [-0.15, -0.1) is 11.3 Å². The number of hydrogen-bond acceptors (Lipinski definition) is 6. The average molecular weight is 400 g/mol. The Labute approximate surface area is 166 Å². The second-order valence-electron chi connectivity index (χ2n) is 5.94. The van der Waals surface area contributed by atoms with E-state index in [9.17, 15) is 19.2 Å². The Morgan fingerprint density at radius 3 is 2.36 bits per heavy atom. The van der Waals surface area contributed by atoms with E-state index in [4.69, 9.17) is 4.74 Å². The van der Waals surface area contributed by atoms with Crippen LogP contribution in [0.5, 0.6) is 0 Å². The van der Waals surface area contributed by atoms with E-state index in [1.54, 1.807) is 6.08 Å². The highest BCUT2D eigenvalue weighted by Gasteiger charge is 2.15. The third-order valence-corrected chi connectivity index (χ3v) is 4.41. The number of amides is 2. The van der Waals surface area contributed by atoms with E-state index in [0.717, 1.165) is 9.75 Å². The summed E-state index contributed by atoms with van der Waals surface area (Å²) >= 11 is 1.53. The third-order valence-electron chi connectivity index (χ3n) is 3.44. The Morgan fingerprint density at radius 2 is 1.75 bits per heavy atom. The van der Waals surface area contributed by atoms with E-state index in [2.05, 4.69) is 10.6 Å². The predicted octanol–water partition coefficient (Wildman–Crippen LogP) is 3.41. The number of Topliss-reactive ketones (excluding diaryl/α,β-unsaturated/α-hetero) is 1. The molecule has 0 fully saturated rings. The van der Waals surface area contributed by atoms with Crippen molar-refractivity contribution in [2.24, 2.45) is 0 Å². The molecule has 146 valence electrons. The van der Waals surface area contributed by atoms with Gasteiger partial charge in [-0.1, -0.05) is 0 Å². The molecule has 0 spiro atoms. The predicted molar refractivity (Wildman–Crippen MR) is 108 cm³/mol. The van der Waals surface area contributed by atoms with Crippen molar-refractivity contribution in [3.8, 4) is 0 Å². The highest BCUT2D eigenvalue weighted by Crippen LogP contribution is 2.22. The van der Waals surface area contributed by atoms with Crippen LogP contribution >= 0.6 is 11.3 Å². The highest BCUT2D eigenvalue weighted by molar-refractivity contribution is 7.12. The van der Waals surface area contributed by atoms with Crippen LogP contribution in [-0.4, -0.2) is 30.2 Å². The first-order valence-corrected chi connectivity index (χ1v) is 9.20. The van der Waals surface area contributed by atoms with Crippen molar-refractivity contribution in [1.29, 1.82) is 0 Å². The monoisotopic (exact) mass is 400 g/mol. The molecule has 2 N–H and O–H groups in total. The number of aryl methyl sites for hydroxylation is 1. The summed E-state index contributed by atoms with van der Waals surface area (Å²) in [5.74, 6) is -1.78. The number of carbonyl (C=O) groups is 4. The lowest BCUT2D eigenvalue weighted by atomic mass is 10.1. The summed E-state index contributed by atoms with van der Waals surface area (Å²) in [6.45, 7) is 4.14. The first kappa shape index (κ1) is 21.0. The van der Waals surface area contributed by atoms with Crippen LogP contribution in [0.25, 0.3) is 6.08 Å². The van der Waals surface area contributed by atoms with Gasteiger partial charge in [0.1, 0.15) is 0 Å². The number of anilines is 2. The Kier molecular flexibility index (Phi) is 7.22. The number of carbonyl (C=O) groups excluding carboxylic acids is 4. The van der Waals surface area contributed by atoms with Gasteiger partial charge in [0.05, 0.1) is 5.69 Å². The van der Waals surface area contributed by atoms with Gasteiger partial charge in [0, 0.05) is 40.9 Å². The molecule has 0 unspecified atom stereocenters. The molecule has 1 aromatic carbocycles. The largest absolute Gasteiger partial charge is 0.454 e. The van der Waals surface area contributed by atoms with Crippen LogP contribution in [0.2, 0.25) is 0 Å². The summed E-state index contributed by atoms with van der Waals surface area (Å²) in [6.07, 6.45) is 2.88. The number of benzene rings is 1. The topological polar surface area (TPSA) is 102 Å². The zero-order chi connectivity index (χ0) is 20.7. The molecule has 0 radical (unpaired) electrons. The van der Waals surface area contributed by atoms with E-state index in [-0.39, 0.29) is 23.1 Å². The molecule has 0 aliphatic carbocycles. The highest BCUT2D eigenvalue weighted by atomic mass is 32.1. The van der Waals surface area contributed by atoms with Crippen LogP contribution < -0.4 is 10.6 Å². The van der Waals surface area contributed by atoms with Gasteiger partial charge in [-0.25, -0.2) is 4.79 Å². The van der Waals surface area contributed by atoms with Crippen molar-refractivity contribution in [2.45, 2.75) is 20.8 Å². The van der Waals surface area contributed by atoms with Gasteiger partial charge in [-0.3, -0.25) is 14.4 Å². The Morgan fingerprint density at radius 1 is 1.04 bits per heavy atom. The number of ether oxygens (including phenoxy) is 1. The molecule has 1 heterocycles. The van der Waals surface area contributed by atoms with Gasteiger partial charge < -0.3 is 15.4 Å². The maximum atomic E-state index is 12.4. The summed E-state index contributed by atoms with van der Waals surface area (Å²) in [5, 5.41) is 5.11.